The molecule has 0 atom stereocenters. The number of carbonyl (C=O) groups excluding carboxylic acids is 1. The van der Waals surface area contributed by atoms with Gasteiger partial charge in [0.05, 0.1) is 19.0 Å². The highest BCUT2D eigenvalue weighted by Crippen LogP contribution is 2.28. The van der Waals surface area contributed by atoms with Crippen molar-refractivity contribution in [2.45, 2.75) is 13.8 Å². The van der Waals surface area contributed by atoms with Gasteiger partial charge in [-0.05, 0) is 24.6 Å². The van der Waals surface area contributed by atoms with Crippen LogP contribution in [-0.2, 0) is 4.79 Å². The van der Waals surface area contributed by atoms with Crippen molar-refractivity contribution in [3.63, 3.8) is 0 Å². The Bertz CT molecular complexity index is 759. The predicted molar refractivity (Wildman–Crippen MR) is 95.3 cm³/mol. The number of nitrogens with zero attached hydrogens (tertiary/aromatic N) is 5. The summed E-state index contributed by atoms with van der Waals surface area (Å²) in [5, 5.41) is 11.4. The number of methoxy groups -OCH3 is 1. The van der Waals surface area contributed by atoms with Crippen LogP contribution in [0.5, 0.6) is 5.75 Å². The molecule has 0 unspecified atom stereocenters. The number of benzene rings is 1. The number of aromatic nitrogens is 3. The smallest absolute Gasteiger partial charge is 0.247 e. The molecule has 1 N–H and O–H groups in total. The molecule has 1 fully saturated rings. The Morgan fingerprint density at radius 3 is 2.68 bits per heavy atom. The number of carbonyl (C=O) groups is 1. The van der Waals surface area contributed by atoms with Crippen LogP contribution in [0.15, 0.2) is 24.4 Å². The Kier molecular flexibility index (Phi) is 4.97. The van der Waals surface area contributed by atoms with E-state index in [-0.39, 0.29) is 5.91 Å². The molecule has 1 aromatic heterocycles. The number of ether oxygens (including phenoxy) is 1. The van der Waals surface area contributed by atoms with Crippen LogP contribution in [0.3, 0.4) is 0 Å². The minimum atomic E-state index is 0.0978. The van der Waals surface area contributed by atoms with Gasteiger partial charge < -0.3 is 19.9 Å². The van der Waals surface area contributed by atoms with E-state index in [9.17, 15) is 4.79 Å². The fraction of sp³-hybridized carbons (Fsp3) is 0.412. The van der Waals surface area contributed by atoms with Crippen LogP contribution in [0.2, 0.25) is 0 Å². The van der Waals surface area contributed by atoms with E-state index in [4.69, 9.17) is 4.74 Å². The third-order valence-electron chi connectivity index (χ3n) is 4.17. The molecule has 1 aliphatic heterocycles. The topological polar surface area (TPSA) is 83.5 Å². The van der Waals surface area contributed by atoms with Gasteiger partial charge in [0.25, 0.3) is 0 Å². The highest BCUT2D eigenvalue weighted by atomic mass is 16.5. The molecule has 132 valence electrons. The molecule has 1 saturated heterocycles. The first-order chi connectivity index (χ1) is 12.1. The van der Waals surface area contributed by atoms with Crippen LogP contribution in [0.25, 0.3) is 0 Å². The van der Waals surface area contributed by atoms with E-state index in [1.54, 1.807) is 20.2 Å². The first-order valence-electron chi connectivity index (χ1n) is 8.18. The van der Waals surface area contributed by atoms with Gasteiger partial charge in [-0.15, -0.1) is 5.10 Å². The van der Waals surface area contributed by atoms with E-state index >= 15 is 0 Å². The first-order valence-corrected chi connectivity index (χ1v) is 8.18. The van der Waals surface area contributed by atoms with E-state index < -0.39 is 0 Å². The summed E-state index contributed by atoms with van der Waals surface area (Å²) in [5.41, 5.74) is 1.95. The Labute approximate surface area is 146 Å². The van der Waals surface area contributed by atoms with Crippen molar-refractivity contribution >= 4 is 23.4 Å². The number of piperazine rings is 1. The zero-order chi connectivity index (χ0) is 17.8. The molecular weight excluding hydrogens is 320 g/mol. The zero-order valence-electron chi connectivity index (χ0n) is 14.7. The Morgan fingerprint density at radius 2 is 2.00 bits per heavy atom. The molecule has 2 aromatic rings. The van der Waals surface area contributed by atoms with Gasteiger partial charge in [-0.3, -0.25) is 4.79 Å². The molecule has 25 heavy (non-hydrogen) atoms. The SMILES string of the molecule is COc1ccc(C)cc1Nc1cnnc(N2CCN(C(C)=O)CC2)n1. The maximum atomic E-state index is 11.4. The van der Waals surface area contributed by atoms with Crippen LogP contribution >= 0.6 is 0 Å². The van der Waals surface area contributed by atoms with Gasteiger partial charge in [-0.2, -0.15) is 10.1 Å². The van der Waals surface area contributed by atoms with Gasteiger partial charge in [0, 0.05) is 33.1 Å². The standard InChI is InChI=1S/C17H22N6O2/c1-12-4-5-15(25-3)14(10-12)19-16-11-18-21-17(20-16)23-8-6-22(7-9-23)13(2)24/h4-5,10-11H,6-9H2,1-3H3,(H,19,20,21). The van der Waals surface area contributed by atoms with E-state index in [1.807, 2.05) is 34.9 Å². The Balaban J connectivity index is 1.74. The molecule has 0 bridgehead atoms. The van der Waals surface area contributed by atoms with Crippen LogP contribution in [0.4, 0.5) is 17.5 Å². The lowest BCUT2D eigenvalue weighted by Gasteiger charge is -2.33. The largest absolute Gasteiger partial charge is 0.495 e. The quantitative estimate of drug-likeness (QED) is 0.903. The van der Waals surface area contributed by atoms with Gasteiger partial charge in [0.2, 0.25) is 11.9 Å². The molecule has 0 radical (unpaired) electrons. The second-order valence-corrected chi connectivity index (χ2v) is 5.96. The third-order valence-corrected chi connectivity index (χ3v) is 4.17. The van der Waals surface area contributed by atoms with Gasteiger partial charge in [0.15, 0.2) is 5.82 Å². The number of hydrogen-bond donors (Lipinski definition) is 1. The molecule has 8 nitrogen and oxygen atoms in total. The van der Waals surface area contributed by atoms with E-state index in [0.29, 0.717) is 37.9 Å². The highest BCUT2D eigenvalue weighted by molar-refractivity contribution is 5.73. The fourth-order valence-electron chi connectivity index (χ4n) is 2.77. The van der Waals surface area contributed by atoms with Crippen molar-refractivity contribution in [3.8, 4) is 5.75 Å². The summed E-state index contributed by atoms with van der Waals surface area (Å²) in [4.78, 5) is 19.8. The van der Waals surface area contributed by atoms with Crippen molar-refractivity contribution in [3.05, 3.63) is 30.0 Å². The normalized spacial score (nSPS) is 14.4. The van der Waals surface area contributed by atoms with Gasteiger partial charge in [-0.25, -0.2) is 0 Å². The zero-order valence-corrected chi connectivity index (χ0v) is 14.7. The highest BCUT2D eigenvalue weighted by Gasteiger charge is 2.21. The fourth-order valence-corrected chi connectivity index (χ4v) is 2.77. The van der Waals surface area contributed by atoms with Crippen LogP contribution in [-0.4, -0.2) is 59.3 Å². The molecule has 1 aliphatic rings. The summed E-state index contributed by atoms with van der Waals surface area (Å²) in [6.45, 7) is 6.33. The molecule has 8 heteroatoms. The summed E-state index contributed by atoms with van der Waals surface area (Å²) < 4.78 is 5.38. The average molecular weight is 342 g/mol. The van der Waals surface area contributed by atoms with Crippen LogP contribution in [0, 0.1) is 6.92 Å². The second kappa shape index (κ2) is 7.33. The number of amides is 1. The third kappa shape index (κ3) is 3.96. The number of aryl methyl sites for hydroxylation is 1. The van der Waals surface area contributed by atoms with Gasteiger partial charge >= 0.3 is 0 Å². The number of rotatable bonds is 4. The van der Waals surface area contributed by atoms with Crippen molar-refractivity contribution in [2.75, 3.05) is 43.5 Å². The molecule has 0 saturated carbocycles. The lowest BCUT2D eigenvalue weighted by atomic mass is 10.2. The van der Waals surface area contributed by atoms with Crippen LogP contribution < -0.4 is 15.0 Å². The van der Waals surface area contributed by atoms with Crippen LogP contribution in [0.1, 0.15) is 12.5 Å². The van der Waals surface area contributed by atoms with E-state index in [0.717, 1.165) is 17.0 Å². The Hall–Kier alpha value is -2.90. The molecule has 0 spiro atoms. The number of hydrogen-bond acceptors (Lipinski definition) is 7. The van der Waals surface area contributed by atoms with Crippen molar-refractivity contribution < 1.29 is 9.53 Å². The molecule has 0 aliphatic carbocycles. The van der Waals surface area contributed by atoms with Gasteiger partial charge in [0.1, 0.15) is 5.75 Å². The van der Waals surface area contributed by atoms with E-state index in [2.05, 4.69) is 20.5 Å². The van der Waals surface area contributed by atoms with Gasteiger partial charge in [-0.1, -0.05) is 6.07 Å². The summed E-state index contributed by atoms with van der Waals surface area (Å²) in [6, 6.07) is 5.89. The maximum absolute atomic E-state index is 11.4. The lowest BCUT2D eigenvalue weighted by molar-refractivity contribution is -0.129. The molecule has 1 amide bonds. The van der Waals surface area contributed by atoms with E-state index in [1.165, 1.54) is 0 Å². The predicted octanol–water partition coefficient (Wildman–Crippen LogP) is 1.60. The van der Waals surface area contributed by atoms with Crippen molar-refractivity contribution in [1.29, 1.82) is 0 Å². The van der Waals surface area contributed by atoms with Crippen molar-refractivity contribution in [1.82, 2.24) is 20.1 Å². The average Bonchev–Trinajstić information content (AvgIpc) is 2.62. The summed E-state index contributed by atoms with van der Waals surface area (Å²) in [6.07, 6.45) is 1.58. The minimum Gasteiger partial charge on any atom is -0.495 e. The number of nitrogens with one attached hydrogen (secondary N) is 1. The van der Waals surface area contributed by atoms with Crippen molar-refractivity contribution in [2.24, 2.45) is 0 Å². The maximum Gasteiger partial charge on any atom is 0.247 e. The molecule has 1 aromatic carbocycles. The first kappa shape index (κ1) is 16.9. The molecular formula is C17H22N6O2. The Morgan fingerprint density at radius 1 is 1.24 bits per heavy atom. The lowest BCUT2D eigenvalue weighted by Crippen LogP contribution is -2.48. The molecule has 2 heterocycles. The minimum absolute atomic E-state index is 0.0978. The second-order valence-electron chi connectivity index (χ2n) is 5.96. The monoisotopic (exact) mass is 342 g/mol. The molecule has 3 rings (SSSR count). The summed E-state index contributed by atoms with van der Waals surface area (Å²) in [7, 11) is 1.63. The number of anilines is 3. The summed E-state index contributed by atoms with van der Waals surface area (Å²) >= 11 is 0. The summed E-state index contributed by atoms with van der Waals surface area (Å²) in [5.74, 6) is 1.99.